The van der Waals surface area contributed by atoms with Crippen molar-refractivity contribution in [2.75, 3.05) is 13.2 Å². The summed E-state index contributed by atoms with van der Waals surface area (Å²) < 4.78 is 29.0. The van der Waals surface area contributed by atoms with Crippen LogP contribution in [0.4, 0.5) is 4.39 Å². The van der Waals surface area contributed by atoms with E-state index in [9.17, 15) is 4.79 Å². The third-order valence-corrected chi connectivity index (χ3v) is 7.54. The first-order valence-electron chi connectivity index (χ1n) is 11.7. The molecule has 0 aliphatic rings. The molecule has 0 fully saturated rings. The molecule has 0 saturated heterocycles. The third-order valence-electron chi connectivity index (χ3n) is 5.83. The summed E-state index contributed by atoms with van der Waals surface area (Å²) in [7, 11) is -1.31. The zero-order valence-corrected chi connectivity index (χ0v) is 21.5. The van der Waals surface area contributed by atoms with Gasteiger partial charge in [0.2, 0.25) is 0 Å². The lowest BCUT2D eigenvalue weighted by molar-refractivity contribution is 0.0893. The highest BCUT2D eigenvalue weighted by molar-refractivity contribution is 6.76. The first kappa shape index (κ1) is 24.7. The van der Waals surface area contributed by atoms with Crippen molar-refractivity contribution in [1.29, 1.82) is 0 Å². The predicted octanol–water partition coefficient (Wildman–Crippen LogP) is 5.65. The minimum absolute atomic E-state index is 0.117. The van der Waals surface area contributed by atoms with Gasteiger partial charge in [-0.1, -0.05) is 25.7 Å². The van der Waals surface area contributed by atoms with E-state index in [0.717, 1.165) is 17.0 Å². The second-order valence-corrected chi connectivity index (χ2v) is 15.2. The Morgan fingerprint density at radius 3 is 2.71 bits per heavy atom. The minimum Gasteiger partial charge on any atom is -0.491 e. The number of carbonyl (C=O) groups excluding carboxylic acids is 1. The maximum absolute atomic E-state index is 15.6. The number of carbonyl (C=O) groups is 1. The SMILES string of the molecule is CCOc1cccc(-c2c(C(N)=O)cc(-c3ccnc4[nH]ccc34)n2COCC[Si](C)(C)C)c1F. The van der Waals surface area contributed by atoms with Crippen molar-refractivity contribution in [1.82, 2.24) is 14.5 Å². The molecule has 0 bridgehead atoms. The van der Waals surface area contributed by atoms with Gasteiger partial charge in [0.25, 0.3) is 5.91 Å². The number of fused-ring (bicyclic) bond motifs is 1. The van der Waals surface area contributed by atoms with Gasteiger partial charge in [0.1, 0.15) is 12.4 Å². The van der Waals surface area contributed by atoms with Crippen LogP contribution in [0.15, 0.2) is 48.8 Å². The Kier molecular flexibility index (Phi) is 7.09. The molecule has 9 heteroatoms. The Hall–Kier alpha value is -3.43. The van der Waals surface area contributed by atoms with Crippen LogP contribution in [0.1, 0.15) is 17.3 Å². The fourth-order valence-electron chi connectivity index (χ4n) is 4.06. The van der Waals surface area contributed by atoms with Gasteiger partial charge in [-0.3, -0.25) is 4.79 Å². The van der Waals surface area contributed by atoms with Gasteiger partial charge < -0.3 is 24.8 Å². The molecular weight excluding hydrogens is 463 g/mol. The number of nitrogens with zero attached hydrogens (tertiary/aromatic N) is 2. The van der Waals surface area contributed by atoms with Gasteiger partial charge >= 0.3 is 0 Å². The van der Waals surface area contributed by atoms with E-state index < -0.39 is 19.8 Å². The Morgan fingerprint density at radius 1 is 1.20 bits per heavy atom. The molecule has 0 saturated carbocycles. The lowest BCUT2D eigenvalue weighted by atomic mass is 10.1. The average Bonchev–Trinajstić information content (AvgIpc) is 3.42. The number of aromatic nitrogens is 3. The number of pyridine rings is 1. The molecule has 3 N–H and O–H groups in total. The summed E-state index contributed by atoms with van der Waals surface area (Å²) in [5.74, 6) is -1.08. The van der Waals surface area contributed by atoms with Crippen LogP contribution in [0.2, 0.25) is 25.7 Å². The number of hydrogen-bond donors (Lipinski definition) is 2. The van der Waals surface area contributed by atoms with Gasteiger partial charge in [-0.05, 0) is 43.3 Å². The number of ether oxygens (including phenoxy) is 2. The lowest BCUT2D eigenvalue weighted by Crippen LogP contribution is -2.22. The molecule has 1 aromatic carbocycles. The number of hydrogen-bond acceptors (Lipinski definition) is 4. The van der Waals surface area contributed by atoms with E-state index in [0.29, 0.717) is 30.2 Å². The summed E-state index contributed by atoms with van der Waals surface area (Å²) in [6, 6.07) is 11.4. The van der Waals surface area contributed by atoms with Gasteiger partial charge in [-0.2, -0.15) is 0 Å². The molecule has 3 heterocycles. The van der Waals surface area contributed by atoms with Gasteiger partial charge in [0.05, 0.1) is 23.6 Å². The number of nitrogens with one attached hydrogen (secondary N) is 1. The predicted molar refractivity (Wildman–Crippen MR) is 139 cm³/mol. The Morgan fingerprint density at radius 2 is 2.00 bits per heavy atom. The monoisotopic (exact) mass is 494 g/mol. The third kappa shape index (κ3) is 5.15. The molecule has 7 nitrogen and oxygen atoms in total. The number of rotatable bonds is 10. The smallest absolute Gasteiger partial charge is 0.250 e. The number of H-pyrrole nitrogens is 1. The Labute approximate surface area is 205 Å². The summed E-state index contributed by atoms with van der Waals surface area (Å²) >= 11 is 0. The van der Waals surface area contributed by atoms with E-state index >= 15 is 4.39 Å². The summed E-state index contributed by atoms with van der Waals surface area (Å²) in [6.07, 6.45) is 3.50. The first-order valence-corrected chi connectivity index (χ1v) is 15.4. The van der Waals surface area contributed by atoms with Crippen molar-refractivity contribution in [3.8, 4) is 28.3 Å². The minimum atomic E-state index is -1.31. The molecule has 0 atom stereocenters. The molecule has 0 aliphatic carbocycles. The molecule has 0 spiro atoms. The highest BCUT2D eigenvalue weighted by Gasteiger charge is 2.26. The van der Waals surface area contributed by atoms with Crippen LogP contribution in [-0.4, -0.2) is 41.7 Å². The van der Waals surface area contributed by atoms with Crippen LogP contribution in [0.5, 0.6) is 5.75 Å². The maximum Gasteiger partial charge on any atom is 0.250 e. The quantitative estimate of drug-likeness (QED) is 0.220. The van der Waals surface area contributed by atoms with Crippen molar-refractivity contribution in [3.63, 3.8) is 0 Å². The maximum atomic E-state index is 15.6. The van der Waals surface area contributed by atoms with Gasteiger partial charge in [0.15, 0.2) is 11.6 Å². The molecular formula is C26H31FN4O3Si. The number of halogens is 1. The molecule has 0 radical (unpaired) electrons. The van der Waals surface area contributed by atoms with Crippen LogP contribution in [0.25, 0.3) is 33.5 Å². The molecule has 0 aliphatic heterocycles. The molecule has 35 heavy (non-hydrogen) atoms. The average molecular weight is 495 g/mol. The Bertz CT molecular complexity index is 1360. The van der Waals surface area contributed by atoms with E-state index in [2.05, 4.69) is 29.6 Å². The lowest BCUT2D eigenvalue weighted by Gasteiger charge is -2.19. The van der Waals surface area contributed by atoms with E-state index in [-0.39, 0.29) is 23.6 Å². The summed E-state index contributed by atoms with van der Waals surface area (Å²) in [6.45, 7) is 9.65. The topological polar surface area (TPSA) is 95.2 Å². The van der Waals surface area contributed by atoms with E-state index in [1.165, 1.54) is 0 Å². The fraction of sp³-hybridized carbons (Fsp3) is 0.308. The van der Waals surface area contributed by atoms with Crippen molar-refractivity contribution < 1.29 is 18.7 Å². The zero-order chi connectivity index (χ0) is 25.2. The molecule has 4 rings (SSSR count). The number of primary amides is 1. The van der Waals surface area contributed by atoms with Crippen molar-refractivity contribution >= 4 is 25.0 Å². The molecule has 3 aromatic heterocycles. The van der Waals surface area contributed by atoms with E-state index in [1.807, 2.05) is 16.7 Å². The largest absolute Gasteiger partial charge is 0.491 e. The van der Waals surface area contributed by atoms with E-state index in [4.69, 9.17) is 15.2 Å². The highest BCUT2D eigenvalue weighted by atomic mass is 28.3. The molecule has 4 aromatic rings. The number of nitrogens with two attached hydrogens (primary N) is 1. The normalized spacial score (nSPS) is 11.8. The first-order chi connectivity index (χ1) is 16.7. The number of amides is 1. The van der Waals surface area contributed by atoms with Crippen LogP contribution >= 0.6 is 0 Å². The standard InChI is InChI=1S/C26H31FN4O3Si/c1-5-34-22-8-6-7-19(23(22)27)24-20(25(28)32)15-21(31(24)16-33-13-14-35(2,3)4)17-9-11-29-26-18(17)10-12-30-26/h6-12,15H,5,13-14,16H2,1-4H3,(H2,28,32)(H,29,30). The van der Waals surface area contributed by atoms with Crippen LogP contribution in [-0.2, 0) is 11.5 Å². The molecule has 184 valence electrons. The van der Waals surface area contributed by atoms with Crippen LogP contribution in [0.3, 0.4) is 0 Å². The number of benzene rings is 1. The molecule has 0 unspecified atom stereocenters. The second kappa shape index (κ2) is 10.0. The number of aromatic amines is 1. The van der Waals surface area contributed by atoms with Crippen molar-refractivity contribution in [2.24, 2.45) is 5.73 Å². The summed E-state index contributed by atoms with van der Waals surface area (Å²) in [5.41, 5.74) is 8.83. The van der Waals surface area contributed by atoms with Gasteiger partial charge in [-0.25, -0.2) is 9.37 Å². The molecule has 1 amide bonds. The fourth-order valence-corrected chi connectivity index (χ4v) is 4.82. The summed E-state index contributed by atoms with van der Waals surface area (Å²) in [4.78, 5) is 20.1. The van der Waals surface area contributed by atoms with Gasteiger partial charge in [0, 0.05) is 43.6 Å². The van der Waals surface area contributed by atoms with Crippen LogP contribution in [0, 0.1) is 5.82 Å². The van der Waals surface area contributed by atoms with E-state index in [1.54, 1.807) is 43.6 Å². The van der Waals surface area contributed by atoms with Crippen molar-refractivity contribution in [3.05, 3.63) is 60.2 Å². The zero-order valence-electron chi connectivity index (χ0n) is 20.5. The van der Waals surface area contributed by atoms with Crippen molar-refractivity contribution in [2.45, 2.75) is 39.3 Å². The van der Waals surface area contributed by atoms with Gasteiger partial charge in [-0.15, -0.1) is 0 Å². The second-order valence-electron chi connectivity index (χ2n) is 9.58. The Balaban J connectivity index is 1.92. The highest BCUT2D eigenvalue weighted by Crippen LogP contribution is 2.38. The summed E-state index contributed by atoms with van der Waals surface area (Å²) in [5, 5.41) is 0.874. The van der Waals surface area contributed by atoms with Crippen LogP contribution < -0.4 is 10.5 Å².